The third-order valence-electron chi connectivity index (χ3n) is 3.68. The topological polar surface area (TPSA) is 116 Å². The minimum atomic E-state index is -0.595. The summed E-state index contributed by atoms with van der Waals surface area (Å²) in [7, 11) is 1.72. The standard InChI is InChI=1S/C20H23N7O3/c1-20(2,3)30-19(28)22-16-12-8-11-15(21-16)13-29-24-17(14-9-6-5-7-10-14)18-23-25-26-27(18)4/h5-12H,13H2,1-4H3,(H,21,22,28)/b24-17+. The molecular weight excluding hydrogens is 386 g/mol. The molecule has 0 unspecified atom stereocenters. The SMILES string of the molecule is Cn1nnnc1/C(=N/OCc1cccc(NC(=O)OC(C)(C)C)n1)c1ccccc1. The second kappa shape index (κ2) is 9.12. The summed E-state index contributed by atoms with van der Waals surface area (Å²) in [6.07, 6.45) is -0.577. The fourth-order valence-corrected chi connectivity index (χ4v) is 2.45. The van der Waals surface area contributed by atoms with Crippen molar-refractivity contribution in [2.75, 3.05) is 5.32 Å². The van der Waals surface area contributed by atoms with Crippen LogP contribution in [0.15, 0.2) is 53.7 Å². The van der Waals surface area contributed by atoms with E-state index in [1.165, 1.54) is 4.68 Å². The number of carbonyl (C=O) groups is 1. The molecule has 1 amide bonds. The van der Waals surface area contributed by atoms with Crippen LogP contribution in [0.3, 0.4) is 0 Å². The van der Waals surface area contributed by atoms with Crippen molar-refractivity contribution in [1.82, 2.24) is 25.2 Å². The van der Waals surface area contributed by atoms with Crippen LogP contribution in [0.25, 0.3) is 0 Å². The summed E-state index contributed by atoms with van der Waals surface area (Å²) >= 11 is 0. The molecule has 10 nitrogen and oxygen atoms in total. The first kappa shape index (κ1) is 20.9. The minimum absolute atomic E-state index is 0.0887. The molecule has 1 N–H and O–H groups in total. The van der Waals surface area contributed by atoms with Gasteiger partial charge in [-0.05, 0) is 43.3 Å². The molecule has 0 aliphatic carbocycles. The Morgan fingerprint density at radius 1 is 1.13 bits per heavy atom. The molecule has 0 atom stereocenters. The fraction of sp³-hybridized carbons (Fsp3) is 0.300. The van der Waals surface area contributed by atoms with Gasteiger partial charge in [-0.1, -0.05) is 41.6 Å². The van der Waals surface area contributed by atoms with E-state index in [9.17, 15) is 4.79 Å². The highest BCUT2D eigenvalue weighted by Crippen LogP contribution is 2.12. The number of tetrazole rings is 1. The van der Waals surface area contributed by atoms with Gasteiger partial charge in [0.05, 0.1) is 5.69 Å². The van der Waals surface area contributed by atoms with Crippen molar-refractivity contribution in [3.63, 3.8) is 0 Å². The van der Waals surface area contributed by atoms with Crippen LogP contribution in [-0.2, 0) is 23.2 Å². The number of aryl methyl sites for hydroxylation is 1. The largest absolute Gasteiger partial charge is 0.444 e. The Morgan fingerprint density at radius 2 is 1.90 bits per heavy atom. The Balaban J connectivity index is 1.71. The van der Waals surface area contributed by atoms with E-state index in [1.807, 2.05) is 30.3 Å². The molecule has 2 heterocycles. The van der Waals surface area contributed by atoms with Gasteiger partial charge in [0.2, 0.25) is 5.82 Å². The molecular formula is C20H23N7O3. The van der Waals surface area contributed by atoms with Crippen molar-refractivity contribution in [1.29, 1.82) is 0 Å². The lowest BCUT2D eigenvalue weighted by molar-refractivity contribution is 0.0635. The first-order valence-corrected chi connectivity index (χ1v) is 9.26. The van der Waals surface area contributed by atoms with Crippen LogP contribution in [0.5, 0.6) is 0 Å². The van der Waals surface area contributed by atoms with Gasteiger partial charge < -0.3 is 9.57 Å². The molecule has 0 spiro atoms. The van der Waals surface area contributed by atoms with E-state index in [2.05, 4.69) is 31.0 Å². The molecule has 0 aliphatic rings. The number of amides is 1. The lowest BCUT2D eigenvalue weighted by Gasteiger charge is -2.19. The summed E-state index contributed by atoms with van der Waals surface area (Å²) in [5, 5.41) is 18.4. The summed E-state index contributed by atoms with van der Waals surface area (Å²) in [5.41, 5.74) is 1.29. The Kier molecular flexibility index (Phi) is 6.35. The predicted molar refractivity (Wildman–Crippen MR) is 110 cm³/mol. The predicted octanol–water partition coefficient (Wildman–Crippen LogP) is 2.92. The Labute approximate surface area is 173 Å². The van der Waals surface area contributed by atoms with Crippen molar-refractivity contribution in [3.8, 4) is 0 Å². The molecule has 0 radical (unpaired) electrons. The molecule has 0 aliphatic heterocycles. The van der Waals surface area contributed by atoms with Crippen LogP contribution in [0.1, 0.15) is 37.9 Å². The number of carbonyl (C=O) groups excluding carboxylic acids is 1. The van der Waals surface area contributed by atoms with Crippen molar-refractivity contribution in [3.05, 3.63) is 65.6 Å². The number of hydrogen-bond acceptors (Lipinski definition) is 8. The third-order valence-corrected chi connectivity index (χ3v) is 3.68. The van der Waals surface area contributed by atoms with E-state index in [0.29, 0.717) is 23.0 Å². The maximum absolute atomic E-state index is 11.9. The molecule has 1 aromatic carbocycles. The fourth-order valence-electron chi connectivity index (χ4n) is 2.45. The number of oxime groups is 1. The molecule has 156 valence electrons. The van der Waals surface area contributed by atoms with Gasteiger partial charge in [0.15, 0.2) is 12.3 Å². The van der Waals surface area contributed by atoms with Crippen LogP contribution < -0.4 is 5.32 Å². The number of nitrogens with zero attached hydrogens (tertiary/aromatic N) is 6. The number of rotatable bonds is 6. The zero-order valence-corrected chi connectivity index (χ0v) is 17.2. The monoisotopic (exact) mass is 409 g/mol. The molecule has 30 heavy (non-hydrogen) atoms. The average Bonchev–Trinajstić information content (AvgIpc) is 3.10. The van der Waals surface area contributed by atoms with Crippen LogP contribution in [0.4, 0.5) is 10.6 Å². The van der Waals surface area contributed by atoms with Gasteiger partial charge in [0.25, 0.3) is 0 Å². The Hall–Kier alpha value is -3.82. The van der Waals surface area contributed by atoms with Crippen molar-refractivity contribution >= 4 is 17.6 Å². The van der Waals surface area contributed by atoms with Crippen molar-refractivity contribution in [2.45, 2.75) is 33.0 Å². The van der Waals surface area contributed by atoms with Gasteiger partial charge in [-0.3, -0.25) is 5.32 Å². The summed E-state index contributed by atoms with van der Waals surface area (Å²) in [6.45, 7) is 5.46. The van der Waals surface area contributed by atoms with E-state index >= 15 is 0 Å². The average molecular weight is 409 g/mol. The van der Waals surface area contributed by atoms with E-state index in [1.54, 1.807) is 46.0 Å². The molecule has 3 rings (SSSR count). The van der Waals surface area contributed by atoms with Crippen molar-refractivity contribution < 1.29 is 14.4 Å². The maximum Gasteiger partial charge on any atom is 0.413 e. The molecule has 0 saturated carbocycles. The van der Waals surface area contributed by atoms with Gasteiger partial charge in [-0.25, -0.2) is 14.5 Å². The normalized spacial score (nSPS) is 11.8. The van der Waals surface area contributed by atoms with E-state index in [0.717, 1.165) is 5.56 Å². The van der Waals surface area contributed by atoms with E-state index in [4.69, 9.17) is 9.57 Å². The first-order valence-electron chi connectivity index (χ1n) is 9.26. The Bertz CT molecular complexity index is 1030. The van der Waals surface area contributed by atoms with Crippen LogP contribution in [0, 0.1) is 0 Å². The summed E-state index contributed by atoms with van der Waals surface area (Å²) < 4.78 is 6.74. The molecule has 0 saturated heterocycles. The molecule has 0 bridgehead atoms. The van der Waals surface area contributed by atoms with Gasteiger partial charge in [-0.15, -0.1) is 5.10 Å². The van der Waals surface area contributed by atoms with Crippen LogP contribution in [0.2, 0.25) is 0 Å². The minimum Gasteiger partial charge on any atom is -0.444 e. The number of nitrogens with one attached hydrogen (secondary N) is 1. The van der Waals surface area contributed by atoms with Gasteiger partial charge in [0, 0.05) is 12.6 Å². The molecule has 2 aromatic heterocycles. The highest BCUT2D eigenvalue weighted by molar-refractivity contribution is 6.10. The number of benzene rings is 1. The van der Waals surface area contributed by atoms with Crippen molar-refractivity contribution in [2.24, 2.45) is 12.2 Å². The number of pyridine rings is 1. The maximum atomic E-state index is 11.9. The number of hydrogen-bond donors (Lipinski definition) is 1. The Morgan fingerprint density at radius 3 is 2.57 bits per heavy atom. The highest BCUT2D eigenvalue weighted by atomic mass is 16.6. The van der Waals surface area contributed by atoms with E-state index < -0.39 is 11.7 Å². The number of aromatic nitrogens is 5. The van der Waals surface area contributed by atoms with Crippen LogP contribution >= 0.6 is 0 Å². The molecule has 3 aromatic rings. The lowest BCUT2D eigenvalue weighted by Crippen LogP contribution is -2.27. The molecule has 10 heteroatoms. The second-order valence-corrected chi connectivity index (χ2v) is 7.35. The lowest BCUT2D eigenvalue weighted by atomic mass is 10.1. The first-order chi connectivity index (χ1) is 14.3. The van der Waals surface area contributed by atoms with E-state index in [-0.39, 0.29) is 6.61 Å². The number of anilines is 1. The summed E-state index contributed by atoms with van der Waals surface area (Å²) in [4.78, 5) is 21.8. The van der Waals surface area contributed by atoms with Crippen LogP contribution in [-0.4, -0.2) is 42.6 Å². The quantitative estimate of drug-likeness (QED) is 0.491. The second-order valence-electron chi connectivity index (χ2n) is 7.35. The number of ether oxygens (including phenoxy) is 1. The third kappa shape index (κ3) is 5.84. The summed E-state index contributed by atoms with van der Waals surface area (Å²) in [5.74, 6) is 0.824. The zero-order chi connectivity index (χ0) is 21.6. The highest BCUT2D eigenvalue weighted by Gasteiger charge is 2.17. The van der Waals surface area contributed by atoms with Gasteiger partial charge in [0.1, 0.15) is 11.4 Å². The molecule has 0 fully saturated rings. The summed E-state index contributed by atoms with van der Waals surface area (Å²) in [6, 6.07) is 14.7. The van der Waals surface area contributed by atoms with Gasteiger partial charge >= 0.3 is 6.09 Å². The zero-order valence-electron chi connectivity index (χ0n) is 17.2. The smallest absolute Gasteiger partial charge is 0.413 e. The van der Waals surface area contributed by atoms with Gasteiger partial charge in [-0.2, -0.15) is 0 Å².